The topological polar surface area (TPSA) is 131 Å². The second-order valence-electron chi connectivity index (χ2n) is 5.77. The zero-order valence-electron chi connectivity index (χ0n) is 14.5. The standard InChI is InChI=1S/C16H20N4O6/c1-10(14(21)18-16(23)17-2)26-15(22)11-5-6-12(13(9-11)20(24)25)19-7-3-4-8-19/h5-6,9-10H,3-4,7-8H2,1-2H3,(H2,17,18,21,23)/t10-/m1/s1. The van der Waals surface area contributed by atoms with Gasteiger partial charge in [-0.25, -0.2) is 9.59 Å². The molecule has 0 bridgehead atoms. The third-order valence-electron chi connectivity index (χ3n) is 3.97. The van der Waals surface area contributed by atoms with E-state index >= 15 is 0 Å². The molecule has 2 rings (SSSR count). The van der Waals surface area contributed by atoms with Crippen molar-refractivity contribution in [2.75, 3.05) is 25.0 Å². The minimum Gasteiger partial charge on any atom is -0.449 e. The molecule has 10 nitrogen and oxygen atoms in total. The molecule has 0 spiro atoms. The van der Waals surface area contributed by atoms with Crippen LogP contribution in [0.1, 0.15) is 30.1 Å². The lowest BCUT2D eigenvalue weighted by atomic mass is 10.1. The number of amides is 3. The summed E-state index contributed by atoms with van der Waals surface area (Å²) in [6, 6.07) is 3.34. The van der Waals surface area contributed by atoms with Crippen LogP contribution in [-0.4, -0.2) is 49.1 Å². The molecule has 2 N–H and O–H groups in total. The van der Waals surface area contributed by atoms with E-state index in [2.05, 4.69) is 5.32 Å². The van der Waals surface area contributed by atoms with Crippen molar-refractivity contribution in [3.63, 3.8) is 0 Å². The number of anilines is 1. The molecule has 0 unspecified atom stereocenters. The van der Waals surface area contributed by atoms with Crippen molar-refractivity contribution in [2.24, 2.45) is 0 Å². The second-order valence-corrected chi connectivity index (χ2v) is 5.77. The third kappa shape index (κ3) is 4.47. The fourth-order valence-corrected chi connectivity index (χ4v) is 2.58. The van der Waals surface area contributed by atoms with Crippen molar-refractivity contribution >= 4 is 29.3 Å². The van der Waals surface area contributed by atoms with E-state index in [4.69, 9.17) is 4.74 Å². The van der Waals surface area contributed by atoms with Crippen LogP contribution >= 0.6 is 0 Å². The number of hydrogen-bond acceptors (Lipinski definition) is 7. The highest BCUT2D eigenvalue weighted by atomic mass is 16.6. The number of esters is 1. The van der Waals surface area contributed by atoms with E-state index in [-0.39, 0.29) is 11.3 Å². The predicted molar refractivity (Wildman–Crippen MR) is 92.0 cm³/mol. The highest BCUT2D eigenvalue weighted by molar-refractivity contribution is 5.98. The highest BCUT2D eigenvalue weighted by Gasteiger charge is 2.26. The maximum atomic E-state index is 12.2. The van der Waals surface area contributed by atoms with E-state index in [1.165, 1.54) is 26.1 Å². The maximum Gasteiger partial charge on any atom is 0.339 e. The molecule has 1 fully saturated rings. The minimum atomic E-state index is -1.24. The number of hydrogen-bond donors (Lipinski definition) is 2. The van der Waals surface area contributed by atoms with Crippen molar-refractivity contribution in [1.29, 1.82) is 0 Å². The first kappa shape index (κ1) is 19.2. The average molecular weight is 364 g/mol. The summed E-state index contributed by atoms with van der Waals surface area (Å²) < 4.78 is 4.98. The summed E-state index contributed by atoms with van der Waals surface area (Å²) in [5.41, 5.74) is 0.220. The zero-order chi connectivity index (χ0) is 19.3. The predicted octanol–water partition coefficient (Wildman–Crippen LogP) is 1.20. The summed E-state index contributed by atoms with van der Waals surface area (Å²) in [6.07, 6.45) is 0.676. The molecular formula is C16H20N4O6. The Kier molecular flexibility index (Phi) is 6.10. The number of carbonyl (C=O) groups is 3. The van der Waals surface area contributed by atoms with Crippen LogP contribution in [0.5, 0.6) is 0 Å². The van der Waals surface area contributed by atoms with Gasteiger partial charge in [0.25, 0.3) is 11.6 Å². The Morgan fingerprint density at radius 3 is 2.50 bits per heavy atom. The summed E-state index contributed by atoms with van der Waals surface area (Å²) in [5.74, 6) is -1.69. The van der Waals surface area contributed by atoms with E-state index in [0.717, 1.165) is 32.0 Å². The summed E-state index contributed by atoms with van der Waals surface area (Å²) in [5, 5.41) is 15.5. The first-order valence-electron chi connectivity index (χ1n) is 8.10. The molecule has 0 aromatic heterocycles. The molecular weight excluding hydrogens is 344 g/mol. The van der Waals surface area contributed by atoms with Crippen molar-refractivity contribution < 1.29 is 24.0 Å². The molecule has 0 radical (unpaired) electrons. The van der Waals surface area contributed by atoms with Crippen LogP contribution in [0.4, 0.5) is 16.2 Å². The number of imide groups is 1. The summed E-state index contributed by atoms with van der Waals surface area (Å²) in [7, 11) is 1.33. The Labute approximate surface area is 149 Å². The Morgan fingerprint density at radius 1 is 1.27 bits per heavy atom. The van der Waals surface area contributed by atoms with Gasteiger partial charge >= 0.3 is 12.0 Å². The number of nitro groups is 1. The molecule has 1 aromatic carbocycles. The Balaban J connectivity index is 2.13. The lowest BCUT2D eigenvalue weighted by molar-refractivity contribution is -0.384. The Hall–Kier alpha value is -3.17. The first-order valence-corrected chi connectivity index (χ1v) is 8.10. The number of nitrogens with one attached hydrogen (secondary N) is 2. The lowest BCUT2D eigenvalue weighted by Crippen LogP contribution is -2.43. The van der Waals surface area contributed by atoms with Gasteiger partial charge in [0.1, 0.15) is 5.69 Å². The number of urea groups is 1. The van der Waals surface area contributed by atoms with Crippen molar-refractivity contribution in [1.82, 2.24) is 10.6 Å². The molecule has 10 heteroatoms. The van der Waals surface area contributed by atoms with Crippen LogP contribution in [0.25, 0.3) is 0 Å². The molecule has 140 valence electrons. The number of benzene rings is 1. The second kappa shape index (κ2) is 8.28. The number of rotatable bonds is 5. The number of ether oxygens (including phenoxy) is 1. The van der Waals surface area contributed by atoms with Gasteiger partial charge in [-0.05, 0) is 31.9 Å². The highest BCUT2D eigenvalue weighted by Crippen LogP contribution is 2.31. The number of nitrogens with zero attached hydrogens (tertiary/aromatic N) is 2. The van der Waals surface area contributed by atoms with E-state index in [1.807, 2.05) is 10.2 Å². The van der Waals surface area contributed by atoms with E-state index in [9.17, 15) is 24.5 Å². The molecule has 3 amide bonds. The smallest absolute Gasteiger partial charge is 0.339 e. The normalized spacial score (nSPS) is 14.5. The molecule has 1 aromatic rings. The van der Waals surface area contributed by atoms with Crippen molar-refractivity contribution in [2.45, 2.75) is 25.9 Å². The van der Waals surface area contributed by atoms with Gasteiger partial charge in [-0.2, -0.15) is 0 Å². The van der Waals surface area contributed by atoms with Crippen LogP contribution in [0.15, 0.2) is 18.2 Å². The van der Waals surface area contributed by atoms with Gasteiger partial charge in [-0.3, -0.25) is 20.2 Å². The number of carbonyl (C=O) groups excluding carboxylic acids is 3. The molecule has 1 aliphatic heterocycles. The molecule has 0 aliphatic carbocycles. The fourth-order valence-electron chi connectivity index (χ4n) is 2.58. The minimum absolute atomic E-state index is 0.0424. The maximum absolute atomic E-state index is 12.2. The Bertz CT molecular complexity index is 729. The van der Waals surface area contributed by atoms with Crippen LogP contribution in [-0.2, 0) is 9.53 Å². The van der Waals surface area contributed by atoms with Gasteiger partial charge in [0.15, 0.2) is 6.10 Å². The van der Waals surface area contributed by atoms with Crippen LogP contribution < -0.4 is 15.5 Å². The molecule has 1 atom stereocenters. The zero-order valence-corrected chi connectivity index (χ0v) is 14.5. The summed E-state index contributed by atoms with van der Waals surface area (Å²) in [4.78, 5) is 47.7. The van der Waals surface area contributed by atoms with Crippen LogP contribution in [0.2, 0.25) is 0 Å². The SMILES string of the molecule is CNC(=O)NC(=O)[C@@H](C)OC(=O)c1ccc(N2CCCC2)c([N+](=O)[O-])c1. The average Bonchev–Trinajstić information content (AvgIpc) is 3.15. The van der Waals surface area contributed by atoms with Gasteiger partial charge in [0, 0.05) is 26.2 Å². The lowest BCUT2D eigenvalue weighted by Gasteiger charge is -2.18. The van der Waals surface area contributed by atoms with Crippen LogP contribution in [0.3, 0.4) is 0 Å². The van der Waals surface area contributed by atoms with Crippen LogP contribution in [0, 0.1) is 10.1 Å². The fraction of sp³-hybridized carbons (Fsp3) is 0.438. The molecule has 26 heavy (non-hydrogen) atoms. The Morgan fingerprint density at radius 2 is 1.92 bits per heavy atom. The summed E-state index contributed by atoms with van der Waals surface area (Å²) >= 11 is 0. The molecule has 0 saturated carbocycles. The van der Waals surface area contributed by atoms with E-state index in [0.29, 0.717) is 5.69 Å². The van der Waals surface area contributed by atoms with E-state index < -0.39 is 28.9 Å². The molecule has 1 heterocycles. The molecule has 1 aliphatic rings. The third-order valence-corrected chi connectivity index (χ3v) is 3.97. The first-order chi connectivity index (χ1) is 12.3. The monoisotopic (exact) mass is 364 g/mol. The largest absolute Gasteiger partial charge is 0.449 e. The molecule has 1 saturated heterocycles. The van der Waals surface area contributed by atoms with Gasteiger partial charge in [-0.15, -0.1) is 0 Å². The van der Waals surface area contributed by atoms with Gasteiger partial charge in [0.2, 0.25) is 0 Å². The van der Waals surface area contributed by atoms with E-state index in [1.54, 1.807) is 0 Å². The summed E-state index contributed by atoms with van der Waals surface area (Å²) in [6.45, 7) is 2.74. The van der Waals surface area contributed by atoms with Gasteiger partial charge in [-0.1, -0.05) is 0 Å². The van der Waals surface area contributed by atoms with Crippen molar-refractivity contribution in [3.05, 3.63) is 33.9 Å². The quantitative estimate of drug-likeness (QED) is 0.456. The number of nitro benzene ring substituents is 1. The van der Waals surface area contributed by atoms with Gasteiger partial charge in [0.05, 0.1) is 10.5 Å². The van der Waals surface area contributed by atoms with Gasteiger partial charge < -0.3 is 15.0 Å². The van der Waals surface area contributed by atoms with Crippen molar-refractivity contribution in [3.8, 4) is 0 Å².